The molecule has 0 radical (unpaired) electrons. The van der Waals surface area contributed by atoms with E-state index in [1.54, 1.807) is 11.9 Å². The van der Waals surface area contributed by atoms with Crippen LogP contribution in [-0.2, 0) is 14.4 Å². The maximum atomic E-state index is 12.5. The van der Waals surface area contributed by atoms with Crippen molar-refractivity contribution in [1.29, 1.82) is 0 Å². The summed E-state index contributed by atoms with van der Waals surface area (Å²) < 4.78 is 5.62. The first kappa shape index (κ1) is 20.7. The van der Waals surface area contributed by atoms with E-state index >= 15 is 0 Å². The van der Waals surface area contributed by atoms with E-state index in [1.807, 2.05) is 37.3 Å². The van der Waals surface area contributed by atoms with Crippen molar-refractivity contribution in [2.75, 3.05) is 33.3 Å². The predicted octanol–water partition coefficient (Wildman–Crippen LogP) is 1.87. The van der Waals surface area contributed by atoms with E-state index in [0.29, 0.717) is 32.4 Å². The number of aliphatic carboxylic acids is 1. The minimum Gasteiger partial charge on any atom is -0.494 e. The van der Waals surface area contributed by atoms with Crippen LogP contribution in [0.5, 0.6) is 5.75 Å². The van der Waals surface area contributed by atoms with E-state index < -0.39 is 11.9 Å². The Morgan fingerprint density at radius 2 is 2.00 bits per heavy atom. The molecule has 0 saturated carbocycles. The molecule has 2 unspecified atom stereocenters. The second-order valence-corrected chi connectivity index (χ2v) is 7.06. The smallest absolute Gasteiger partial charge is 0.308 e. The second kappa shape index (κ2) is 9.94. The molecule has 7 heteroatoms. The van der Waals surface area contributed by atoms with Crippen molar-refractivity contribution >= 4 is 17.8 Å². The Hall–Kier alpha value is -2.57. The van der Waals surface area contributed by atoms with Gasteiger partial charge >= 0.3 is 5.97 Å². The Kier molecular flexibility index (Phi) is 7.64. The van der Waals surface area contributed by atoms with Crippen LogP contribution in [0, 0.1) is 11.8 Å². The molecule has 1 saturated heterocycles. The summed E-state index contributed by atoms with van der Waals surface area (Å²) in [7, 11) is 1.60. The van der Waals surface area contributed by atoms with Gasteiger partial charge in [-0.1, -0.05) is 25.1 Å². The number of carboxylic acids is 1. The van der Waals surface area contributed by atoms with Gasteiger partial charge in [0, 0.05) is 26.1 Å². The Balaban J connectivity index is 1.76. The number of likely N-dealkylation sites (tertiary alicyclic amines) is 1. The summed E-state index contributed by atoms with van der Waals surface area (Å²) in [6.07, 6.45) is 1.82. The number of carbonyl (C=O) groups excluding carboxylic acids is 2. The lowest BCUT2D eigenvalue weighted by atomic mass is 9.98. The minimum absolute atomic E-state index is 0.0327. The fraction of sp³-hybridized carbons (Fsp3) is 0.550. The topological polar surface area (TPSA) is 87.2 Å². The van der Waals surface area contributed by atoms with E-state index in [0.717, 1.165) is 5.75 Å². The van der Waals surface area contributed by atoms with E-state index in [4.69, 9.17) is 9.84 Å². The normalized spacial score (nSPS) is 17.9. The van der Waals surface area contributed by atoms with Crippen LogP contribution in [0.25, 0.3) is 0 Å². The van der Waals surface area contributed by atoms with Gasteiger partial charge in [-0.25, -0.2) is 0 Å². The number of hydrogen-bond donors (Lipinski definition) is 1. The number of hydrogen-bond acceptors (Lipinski definition) is 4. The van der Waals surface area contributed by atoms with Crippen LogP contribution >= 0.6 is 0 Å². The zero-order valence-electron chi connectivity index (χ0n) is 16.0. The third kappa shape index (κ3) is 6.27. The van der Waals surface area contributed by atoms with E-state index in [1.165, 1.54) is 4.90 Å². The number of likely N-dealkylation sites (N-methyl/N-ethyl adjacent to an activating group) is 1. The van der Waals surface area contributed by atoms with Gasteiger partial charge in [-0.2, -0.15) is 0 Å². The molecule has 0 aliphatic carbocycles. The molecule has 148 valence electrons. The first-order valence-electron chi connectivity index (χ1n) is 9.32. The van der Waals surface area contributed by atoms with Crippen molar-refractivity contribution < 1.29 is 24.2 Å². The van der Waals surface area contributed by atoms with Crippen molar-refractivity contribution in [3.63, 3.8) is 0 Å². The summed E-state index contributed by atoms with van der Waals surface area (Å²) in [6, 6.07) is 9.41. The molecule has 0 spiro atoms. The summed E-state index contributed by atoms with van der Waals surface area (Å²) in [5.41, 5.74) is 0. The molecule has 1 aliphatic rings. The molecule has 2 amide bonds. The number of nitrogens with zero attached hydrogens (tertiary/aromatic N) is 2. The highest BCUT2D eigenvalue weighted by Crippen LogP contribution is 2.17. The van der Waals surface area contributed by atoms with Gasteiger partial charge < -0.3 is 19.6 Å². The lowest BCUT2D eigenvalue weighted by molar-refractivity contribution is -0.147. The molecule has 1 aromatic rings. The highest BCUT2D eigenvalue weighted by Gasteiger charge is 2.29. The lowest BCUT2D eigenvalue weighted by Crippen LogP contribution is -2.47. The highest BCUT2D eigenvalue weighted by atomic mass is 16.5. The number of piperidine rings is 1. The SMILES string of the molecule is CC(CCOc1ccccc1)C(=O)N(C)CC(=O)N1CCCC(C(=O)O)C1. The van der Waals surface area contributed by atoms with Crippen molar-refractivity contribution in [2.24, 2.45) is 11.8 Å². The quantitative estimate of drug-likeness (QED) is 0.748. The average Bonchev–Trinajstić information content (AvgIpc) is 2.68. The third-order valence-electron chi connectivity index (χ3n) is 4.86. The first-order valence-corrected chi connectivity index (χ1v) is 9.32. The van der Waals surface area contributed by atoms with Crippen molar-refractivity contribution in [3.8, 4) is 5.75 Å². The molecule has 0 bridgehead atoms. The molecule has 2 atom stereocenters. The zero-order chi connectivity index (χ0) is 19.8. The standard InChI is InChI=1S/C20H28N2O5/c1-15(10-12-27-17-8-4-3-5-9-17)19(24)21(2)14-18(23)22-11-6-7-16(13-22)20(25)26/h3-5,8-9,15-16H,6-7,10-14H2,1-2H3,(H,25,26). The number of ether oxygens (including phenoxy) is 1. The van der Waals surface area contributed by atoms with Crippen LogP contribution < -0.4 is 4.74 Å². The van der Waals surface area contributed by atoms with Gasteiger partial charge in [0.15, 0.2) is 0 Å². The number of benzene rings is 1. The van der Waals surface area contributed by atoms with Crippen molar-refractivity contribution in [3.05, 3.63) is 30.3 Å². The molecule has 7 nitrogen and oxygen atoms in total. The summed E-state index contributed by atoms with van der Waals surface area (Å²) in [5, 5.41) is 9.13. The van der Waals surface area contributed by atoms with Gasteiger partial charge in [0.2, 0.25) is 11.8 Å². The van der Waals surface area contributed by atoms with Crippen molar-refractivity contribution in [2.45, 2.75) is 26.2 Å². The number of carboxylic acid groups (broad SMARTS) is 1. The van der Waals surface area contributed by atoms with E-state index in [2.05, 4.69) is 0 Å². The van der Waals surface area contributed by atoms with Gasteiger partial charge in [0.1, 0.15) is 5.75 Å². The zero-order valence-corrected chi connectivity index (χ0v) is 16.0. The summed E-state index contributed by atoms with van der Waals surface area (Å²) >= 11 is 0. The van der Waals surface area contributed by atoms with Crippen LogP contribution in [0.3, 0.4) is 0 Å². The van der Waals surface area contributed by atoms with E-state index in [9.17, 15) is 14.4 Å². The predicted molar refractivity (Wildman–Crippen MR) is 100 cm³/mol. The third-order valence-corrected chi connectivity index (χ3v) is 4.86. The fourth-order valence-electron chi connectivity index (χ4n) is 3.16. The maximum Gasteiger partial charge on any atom is 0.308 e. The summed E-state index contributed by atoms with van der Waals surface area (Å²) in [4.78, 5) is 39.0. The Labute approximate surface area is 159 Å². The Morgan fingerprint density at radius 1 is 1.30 bits per heavy atom. The average molecular weight is 376 g/mol. The largest absolute Gasteiger partial charge is 0.494 e. The number of amides is 2. The van der Waals surface area contributed by atoms with Crippen LogP contribution in [-0.4, -0.2) is 66.0 Å². The van der Waals surface area contributed by atoms with Gasteiger partial charge in [0.25, 0.3) is 0 Å². The van der Waals surface area contributed by atoms with Crippen LogP contribution in [0.4, 0.5) is 0 Å². The van der Waals surface area contributed by atoms with Gasteiger partial charge in [0.05, 0.1) is 19.1 Å². The molecule has 1 aliphatic heterocycles. The van der Waals surface area contributed by atoms with Crippen LogP contribution in [0.2, 0.25) is 0 Å². The molecule has 0 aromatic heterocycles. The van der Waals surface area contributed by atoms with Gasteiger partial charge in [-0.15, -0.1) is 0 Å². The monoisotopic (exact) mass is 376 g/mol. The number of para-hydroxylation sites is 1. The number of carbonyl (C=O) groups is 3. The number of rotatable bonds is 8. The molecule has 1 N–H and O–H groups in total. The molecular formula is C20H28N2O5. The maximum absolute atomic E-state index is 12.5. The van der Waals surface area contributed by atoms with Crippen LogP contribution in [0.15, 0.2) is 30.3 Å². The van der Waals surface area contributed by atoms with Gasteiger partial charge in [-0.3, -0.25) is 14.4 Å². The Morgan fingerprint density at radius 3 is 2.67 bits per heavy atom. The first-order chi connectivity index (χ1) is 12.9. The lowest BCUT2D eigenvalue weighted by Gasteiger charge is -2.32. The van der Waals surface area contributed by atoms with Crippen molar-refractivity contribution in [1.82, 2.24) is 9.80 Å². The molecular weight excluding hydrogens is 348 g/mol. The van der Waals surface area contributed by atoms with Crippen LogP contribution in [0.1, 0.15) is 26.2 Å². The molecule has 2 rings (SSSR count). The summed E-state index contributed by atoms with van der Waals surface area (Å²) in [6.45, 7) is 2.97. The molecule has 27 heavy (non-hydrogen) atoms. The minimum atomic E-state index is -0.871. The second-order valence-electron chi connectivity index (χ2n) is 7.06. The Bertz CT molecular complexity index is 649. The fourth-order valence-corrected chi connectivity index (χ4v) is 3.16. The molecule has 1 fully saturated rings. The summed E-state index contributed by atoms with van der Waals surface area (Å²) in [5.74, 6) is -1.21. The molecule has 1 heterocycles. The highest BCUT2D eigenvalue weighted by molar-refractivity contribution is 5.86. The van der Waals surface area contributed by atoms with E-state index in [-0.39, 0.29) is 30.8 Å². The molecule has 1 aromatic carbocycles. The van der Waals surface area contributed by atoms with Gasteiger partial charge in [-0.05, 0) is 31.4 Å².